The van der Waals surface area contributed by atoms with Crippen LogP contribution in [0.3, 0.4) is 0 Å². The molecule has 1 unspecified atom stereocenters. The fraction of sp³-hybridized carbons (Fsp3) is 0.500. The third kappa shape index (κ3) is 1.62. The molecule has 96 valence electrons. The number of rotatable bonds is 2. The monoisotopic (exact) mass is 250 g/mol. The molecule has 0 bridgehead atoms. The van der Waals surface area contributed by atoms with Crippen molar-refractivity contribution >= 4 is 17.0 Å². The average Bonchev–Trinajstić information content (AvgIpc) is 2.93. The number of aliphatic hydroxyl groups is 1. The third-order valence-corrected chi connectivity index (χ3v) is 3.16. The van der Waals surface area contributed by atoms with E-state index in [9.17, 15) is 0 Å². The molecule has 1 aliphatic rings. The molecular weight excluding hydrogens is 236 g/mol. The molecule has 1 aliphatic heterocycles. The summed E-state index contributed by atoms with van der Waals surface area (Å²) < 4.78 is 7.43. The molecule has 3 rings (SSSR count). The number of nitrogens with two attached hydrogens (primary N) is 2. The molecule has 2 aromatic heterocycles. The lowest BCUT2D eigenvalue weighted by molar-refractivity contribution is -0.0233. The van der Waals surface area contributed by atoms with E-state index in [2.05, 4.69) is 15.0 Å². The van der Waals surface area contributed by atoms with Gasteiger partial charge in [-0.3, -0.25) is 4.57 Å². The number of aliphatic hydroxyl groups excluding tert-OH is 1. The summed E-state index contributed by atoms with van der Waals surface area (Å²) in [5.41, 5.74) is 12.8. The molecule has 2 aromatic rings. The van der Waals surface area contributed by atoms with Crippen molar-refractivity contribution in [3.05, 3.63) is 12.7 Å². The highest BCUT2D eigenvalue weighted by Gasteiger charge is 2.34. The van der Waals surface area contributed by atoms with Crippen LogP contribution in [0.15, 0.2) is 12.7 Å². The van der Waals surface area contributed by atoms with E-state index in [4.69, 9.17) is 21.3 Å². The molecule has 0 aliphatic carbocycles. The molecule has 3 atom stereocenters. The van der Waals surface area contributed by atoms with Gasteiger partial charge in [0, 0.05) is 12.5 Å². The van der Waals surface area contributed by atoms with Gasteiger partial charge in [-0.25, -0.2) is 15.0 Å². The lowest BCUT2D eigenvalue weighted by Gasteiger charge is -2.13. The van der Waals surface area contributed by atoms with E-state index < -0.39 is 0 Å². The van der Waals surface area contributed by atoms with Gasteiger partial charge in [0.2, 0.25) is 0 Å². The first-order valence-corrected chi connectivity index (χ1v) is 5.65. The van der Waals surface area contributed by atoms with Crippen molar-refractivity contribution in [2.24, 2.45) is 5.73 Å². The van der Waals surface area contributed by atoms with Crippen LogP contribution >= 0.6 is 0 Å². The minimum absolute atomic E-state index is 0.0958. The first-order valence-electron chi connectivity index (χ1n) is 5.65. The van der Waals surface area contributed by atoms with Crippen molar-refractivity contribution in [3.8, 4) is 0 Å². The van der Waals surface area contributed by atoms with E-state index in [1.165, 1.54) is 6.33 Å². The van der Waals surface area contributed by atoms with Crippen LogP contribution in [0, 0.1) is 0 Å². The Morgan fingerprint density at radius 3 is 3.00 bits per heavy atom. The van der Waals surface area contributed by atoms with Crippen LogP contribution in [0.25, 0.3) is 11.2 Å². The Morgan fingerprint density at radius 1 is 1.44 bits per heavy atom. The van der Waals surface area contributed by atoms with Crippen LogP contribution < -0.4 is 11.5 Å². The minimum Gasteiger partial charge on any atom is -0.394 e. The molecule has 0 amide bonds. The Morgan fingerprint density at radius 2 is 2.28 bits per heavy atom. The van der Waals surface area contributed by atoms with Gasteiger partial charge in [0.25, 0.3) is 0 Å². The number of fused-ring (bicyclic) bond motifs is 1. The second-order valence-corrected chi connectivity index (χ2v) is 4.29. The number of imidazole rings is 1. The summed E-state index contributed by atoms with van der Waals surface area (Å²) in [6.45, 7) is -0.0958. The second kappa shape index (κ2) is 4.16. The summed E-state index contributed by atoms with van der Waals surface area (Å²) in [7, 11) is 0. The average molecular weight is 250 g/mol. The fourth-order valence-corrected chi connectivity index (χ4v) is 2.18. The number of ether oxygens (including phenoxy) is 1. The van der Waals surface area contributed by atoms with Crippen molar-refractivity contribution in [2.45, 2.75) is 24.8 Å². The number of aromatic nitrogens is 4. The number of hydrogen-bond acceptors (Lipinski definition) is 7. The number of nitrogen functional groups attached to an aromatic ring is 1. The molecule has 3 heterocycles. The highest BCUT2D eigenvalue weighted by molar-refractivity contribution is 5.81. The number of anilines is 1. The highest BCUT2D eigenvalue weighted by Crippen LogP contribution is 2.30. The van der Waals surface area contributed by atoms with E-state index in [0.717, 1.165) is 0 Å². The largest absolute Gasteiger partial charge is 0.394 e. The van der Waals surface area contributed by atoms with Crippen molar-refractivity contribution in [1.82, 2.24) is 19.5 Å². The van der Waals surface area contributed by atoms with Crippen LogP contribution in [0.1, 0.15) is 12.6 Å². The zero-order valence-corrected chi connectivity index (χ0v) is 9.60. The van der Waals surface area contributed by atoms with Crippen LogP contribution in [-0.2, 0) is 4.74 Å². The van der Waals surface area contributed by atoms with E-state index >= 15 is 0 Å². The molecule has 0 spiro atoms. The summed E-state index contributed by atoms with van der Waals surface area (Å²) in [5, 5.41) is 9.13. The quantitative estimate of drug-likeness (QED) is 0.625. The Bertz CT molecular complexity index is 570. The van der Waals surface area contributed by atoms with Crippen molar-refractivity contribution in [3.63, 3.8) is 0 Å². The van der Waals surface area contributed by atoms with Crippen molar-refractivity contribution in [2.75, 3.05) is 12.3 Å². The zero-order chi connectivity index (χ0) is 12.7. The molecule has 8 nitrogen and oxygen atoms in total. The molecule has 1 saturated heterocycles. The van der Waals surface area contributed by atoms with E-state index in [0.29, 0.717) is 23.4 Å². The maximum Gasteiger partial charge on any atom is 0.167 e. The molecule has 8 heteroatoms. The van der Waals surface area contributed by atoms with E-state index in [-0.39, 0.29) is 25.0 Å². The molecule has 0 saturated carbocycles. The second-order valence-electron chi connectivity index (χ2n) is 4.29. The van der Waals surface area contributed by atoms with Gasteiger partial charge >= 0.3 is 0 Å². The Balaban J connectivity index is 1.99. The van der Waals surface area contributed by atoms with Crippen molar-refractivity contribution in [1.29, 1.82) is 0 Å². The fourth-order valence-electron chi connectivity index (χ4n) is 2.18. The van der Waals surface area contributed by atoms with Gasteiger partial charge in [0.1, 0.15) is 18.1 Å². The summed E-state index contributed by atoms with van der Waals surface area (Å²) in [6, 6.07) is -0.198. The highest BCUT2D eigenvalue weighted by atomic mass is 16.5. The maximum atomic E-state index is 9.13. The van der Waals surface area contributed by atoms with Gasteiger partial charge in [-0.05, 0) is 0 Å². The van der Waals surface area contributed by atoms with Gasteiger partial charge in [0.15, 0.2) is 11.5 Å². The van der Waals surface area contributed by atoms with E-state index in [1.807, 2.05) is 0 Å². The SMILES string of the molecule is Nc1ncnc2c1ncn2[C@H]1C[C@H](N)C(CO)O1. The Labute approximate surface area is 103 Å². The van der Waals surface area contributed by atoms with Gasteiger partial charge in [-0.1, -0.05) is 0 Å². The molecule has 1 fully saturated rings. The van der Waals surface area contributed by atoms with Gasteiger partial charge < -0.3 is 21.3 Å². The van der Waals surface area contributed by atoms with Gasteiger partial charge in [0.05, 0.1) is 19.0 Å². The van der Waals surface area contributed by atoms with Crippen molar-refractivity contribution < 1.29 is 9.84 Å². The molecular formula is C10H14N6O2. The minimum atomic E-state index is -0.355. The lowest BCUT2D eigenvalue weighted by Crippen LogP contribution is -2.32. The number of hydrogen-bond donors (Lipinski definition) is 3. The molecule has 18 heavy (non-hydrogen) atoms. The van der Waals surface area contributed by atoms with Gasteiger partial charge in [-0.15, -0.1) is 0 Å². The first-order chi connectivity index (χ1) is 8.70. The summed E-state index contributed by atoms with van der Waals surface area (Å²) in [5.74, 6) is 0.333. The molecule has 0 radical (unpaired) electrons. The standard InChI is InChI=1S/C10H14N6O2/c11-5-1-7(18-6(5)2-17)16-4-15-8-9(12)13-3-14-10(8)16/h3-7,17H,1-2,11H2,(H2,12,13,14)/t5-,6?,7+/m0/s1. The summed E-state index contributed by atoms with van der Waals surface area (Å²) >= 11 is 0. The smallest absolute Gasteiger partial charge is 0.167 e. The summed E-state index contributed by atoms with van der Waals surface area (Å²) in [4.78, 5) is 12.2. The Hall–Kier alpha value is -1.77. The predicted molar refractivity (Wildman–Crippen MR) is 63.3 cm³/mol. The normalized spacial score (nSPS) is 28.0. The van der Waals surface area contributed by atoms with Gasteiger partial charge in [-0.2, -0.15) is 0 Å². The predicted octanol–water partition coefficient (Wildman–Crippen LogP) is -0.984. The van der Waals surface area contributed by atoms with E-state index in [1.54, 1.807) is 10.9 Å². The van der Waals surface area contributed by atoms with Crippen LogP contribution in [0.4, 0.5) is 5.82 Å². The lowest BCUT2D eigenvalue weighted by atomic mass is 10.1. The van der Waals surface area contributed by atoms with Crippen LogP contribution in [0.5, 0.6) is 0 Å². The molecule has 5 N–H and O–H groups in total. The number of nitrogens with zero attached hydrogens (tertiary/aromatic N) is 4. The Kier molecular flexibility index (Phi) is 2.62. The van der Waals surface area contributed by atoms with Crippen LogP contribution in [0.2, 0.25) is 0 Å². The van der Waals surface area contributed by atoms with Crippen LogP contribution in [-0.4, -0.2) is 43.4 Å². The maximum absolute atomic E-state index is 9.13. The summed E-state index contributed by atoms with van der Waals surface area (Å²) in [6.07, 6.45) is 2.95. The third-order valence-electron chi connectivity index (χ3n) is 3.16. The topological polar surface area (TPSA) is 125 Å². The zero-order valence-electron chi connectivity index (χ0n) is 9.60. The first kappa shape index (κ1) is 11.3. The molecule has 0 aromatic carbocycles.